The summed E-state index contributed by atoms with van der Waals surface area (Å²) in [5.41, 5.74) is 0.845. The largest absolute Gasteiger partial charge is 0.480 e. The van der Waals surface area contributed by atoms with Crippen molar-refractivity contribution < 1.29 is 14.3 Å². The Morgan fingerprint density at radius 3 is 2.83 bits per heavy atom. The molecule has 120 valence electrons. The Morgan fingerprint density at radius 1 is 1.48 bits per heavy atom. The molecule has 0 unspecified atom stereocenters. The van der Waals surface area contributed by atoms with Crippen molar-refractivity contribution in [2.45, 2.75) is 26.3 Å². The topological polar surface area (TPSA) is 46.6 Å². The molecule has 2 amide bonds. The summed E-state index contributed by atoms with van der Waals surface area (Å²) < 4.78 is 6.31. The molecule has 0 N–H and O–H groups in total. The van der Waals surface area contributed by atoms with E-state index in [0.29, 0.717) is 10.7 Å². The van der Waals surface area contributed by atoms with E-state index >= 15 is 0 Å². The molecule has 0 spiro atoms. The molecule has 1 heterocycles. The number of terminal acetylenes is 1. The number of rotatable bonds is 5. The van der Waals surface area contributed by atoms with Crippen LogP contribution in [0.4, 0.5) is 4.79 Å². The van der Waals surface area contributed by atoms with Crippen molar-refractivity contribution in [2.24, 2.45) is 0 Å². The van der Waals surface area contributed by atoms with Gasteiger partial charge in [0.25, 0.3) is 11.1 Å². The summed E-state index contributed by atoms with van der Waals surface area (Å²) in [6, 6.07) is 5.45. The highest BCUT2D eigenvalue weighted by Gasteiger charge is 2.37. The van der Waals surface area contributed by atoms with Crippen LogP contribution in [0.5, 0.6) is 5.75 Å². The van der Waals surface area contributed by atoms with E-state index in [1.807, 2.05) is 32.0 Å². The fourth-order valence-corrected chi connectivity index (χ4v) is 3.66. The van der Waals surface area contributed by atoms with Crippen molar-refractivity contribution in [3.8, 4) is 18.1 Å². The van der Waals surface area contributed by atoms with Crippen LogP contribution >= 0.6 is 34.4 Å². The van der Waals surface area contributed by atoms with Crippen LogP contribution < -0.4 is 4.74 Å². The van der Waals surface area contributed by atoms with Crippen molar-refractivity contribution in [3.63, 3.8) is 0 Å². The van der Waals surface area contributed by atoms with Gasteiger partial charge in [-0.3, -0.25) is 14.5 Å². The summed E-state index contributed by atoms with van der Waals surface area (Å²) in [4.78, 5) is 26.2. The van der Waals surface area contributed by atoms with Crippen molar-refractivity contribution in [3.05, 3.63) is 32.2 Å². The molecule has 0 bridgehead atoms. The molecule has 1 aliphatic heterocycles. The van der Waals surface area contributed by atoms with Crippen LogP contribution in [0.3, 0.4) is 0 Å². The maximum Gasteiger partial charge on any atom is 0.293 e. The Kier molecular flexibility index (Phi) is 6.13. The number of hydrogen-bond donors (Lipinski definition) is 0. The predicted molar refractivity (Wildman–Crippen MR) is 101 cm³/mol. The van der Waals surface area contributed by atoms with Crippen LogP contribution in [-0.2, 0) is 4.79 Å². The Bertz CT molecular complexity index is 708. The first kappa shape index (κ1) is 17.9. The maximum atomic E-state index is 12.4. The molecular formula is C17H16INO3S. The fourth-order valence-electron chi connectivity index (χ4n) is 2.04. The second kappa shape index (κ2) is 7.88. The van der Waals surface area contributed by atoms with Crippen LogP contribution in [0.25, 0.3) is 6.08 Å². The van der Waals surface area contributed by atoms with Gasteiger partial charge in [0.15, 0.2) is 0 Å². The normalized spacial score (nSPS) is 17.5. The Labute approximate surface area is 153 Å². The number of thioether (sulfide) groups is 1. The van der Waals surface area contributed by atoms with Crippen LogP contribution in [0.15, 0.2) is 23.1 Å². The number of amides is 2. The third-order valence-corrected chi connectivity index (χ3v) is 5.15. The second-order valence-corrected chi connectivity index (χ2v) is 7.15. The first-order chi connectivity index (χ1) is 11.0. The lowest BCUT2D eigenvalue weighted by Crippen LogP contribution is -2.36. The molecule has 1 atom stereocenters. The van der Waals surface area contributed by atoms with Crippen molar-refractivity contribution in [1.29, 1.82) is 0 Å². The number of carbonyl (C=O) groups is 2. The highest BCUT2D eigenvalue weighted by molar-refractivity contribution is 14.1. The molecule has 0 saturated carbocycles. The third kappa shape index (κ3) is 4.09. The van der Waals surface area contributed by atoms with Crippen molar-refractivity contribution in [1.82, 2.24) is 4.90 Å². The lowest BCUT2D eigenvalue weighted by Gasteiger charge is -2.19. The molecule has 4 nitrogen and oxygen atoms in total. The van der Waals surface area contributed by atoms with Gasteiger partial charge in [0.05, 0.1) is 8.48 Å². The summed E-state index contributed by atoms with van der Waals surface area (Å²) in [5.74, 6) is 2.90. The van der Waals surface area contributed by atoms with Crippen LogP contribution in [0, 0.1) is 15.9 Å². The molecule has 23 heavy (non-hydrogen) atoms. The van der Waals surface area contributed by atoms with Gasteiger partial charge in [-0.05, 0) is 71.5 Å². The molecule has 0 radical (unpaired) electrons. The molecule has 6 heteroatoms. The zero-order valence-corrected chi connectivity index (χ0v) is 15.8. The van der Waals surface area contributed by atoms with E-state index in [0.717, 1.165) is 27.3 Å². The molecular weight excluding hydrogens is 425 g/mol. The summed E-state index contributed by atoms with van der Waals surface area (Å²) >= 11 is 3.13. The van der Waals surface area contributed by atoms with Crippen molar-refractivity contribution in [2.75, 3.05) is 6.61 Å². The number of halogens is 1. The summed E-state index contributed by atoms with van der Waals surface area (Å²) in [6.07, 6.45) is 7.66. The van der Waals surface area contributed by atoms with Gasteiger partial charge in [0, 0.05) is 6.04 Å². The quantitative estimate of drug-likeness (QED) is 0.392. The van der Waals surface area contributed by atoms with E-state index in [4.69, 9.17) is 11.2 Å². The van der Waals surface area contributed by atoms with Gasteiger partial charge in [-0.15, -0.1) is 6.42 Å². The SMILES string of the molecule is C#CCOc1ccc(/C=C2/SC(=O)N([C@H](C)CC)C2=O)cc1I. The Hall–Kier alpha value is -1.46. The third-order valence-electron chi connectivity index (χ3n) is 3.42. The summed E-state index contributed by atoms with van der Waals surface area (Å²) in [7, 11) is 0. The lowest BCUT2D eigenvalue weighted by molar-refractivity contribution is -0.124. The number of ether oxygens (including phenoxy) is 1. The number of benzene rings is 1. The zero-order chi connectivity index (χ0) is 17.0. The van der Waals surface area contributed by atoms with Gasteiger partial charge in [0.1, 0.15) is 12.4 Å². The molecule has 1 fully saturated rings. The van der Waals surface area contributed by atoms with E-state index in [1.54, 1.807) is 6.08 Å². The Balaban J connectivity index is 2.23. The Morgan fingerprint density at radius 2 is 2.22 bits per heavy atom. The van der Waals surface area contributed by atoms with Gasteiger partial charge >= 0.3 is 0 Å². The van der Waals surface area contributed by atoms with E-state index < -0.39 is 0 Å². The predicted octanol–water partition coefficient (Wildman–Crippen LogP) is 4.14. The molecule has 1 aromatic rings. The standard InChI is InChI=1S/C17H16INO3S/c1-4-8-22-14-7-6-12(9-13(14)18)10-15-16(20)19(11(3)5-2)17(21)23-15/h1,6-7,9-11H,5,8H2,2-3H3/b15-10+/t11-/m1/s1. The monoisotopic (exact) mass is 441 g/mol. The highest BCUT2D eigenvalue weighted by atomic mass is 127. The minimum Gasteiger partial charge on any atom is -0.480 e. The highest BCUT2D eigenvalue weighted by Crippen LogP contribution is 2.34. The summed E-state index contributed by atoms with van der Waals surface area (Å²) in [6.45, 7) is 4.04. The van der Waals surface area contributed by atoms with E-state index in [2.05, 4.69) is 28.5 Å². The van der Waals surface area contributed by atoms with Crippen LogP contribution in [-0.4, -0.2) is 28.7 Å². The molecule has 1 saturated heterocycles. The first-order valence-corrected chi connectivity index (χ1v) is 9.00. The molecule has 1 aliphatic rings. The molecule has 2 rings (SSSR count). The average molecular weight is 441 g/mol. The van der Waals surface area contributed by atoms with E-state index in [1.165, 1.54) is 4.90 Å². The van der Waals surface area contributed by atoms with E-state index in [9.17, 15) is 9.59 Å². The van der Waals surface area contributed by atoms with E-state index in [-0.39, 0.29) is 23.8 Å². The smallest absolute Gasteiger partial charge is 0.293 e. The summed E-state index contributed by atoms with van der Waals surface area (Å²) in [5, 5.41) is -0.209. The van der Waals surface area contributed by atoms with Crippen LogP contribution in [0.1, 0.15) is 25.8 Å². The van der Waals surface area contributed by atoms with Gasteiger partial charge in [-0.2, -0.15) is 0 Å². The minimum atomic E-state index is -0.225. The van der Waals surface area contributed by atoms with Crippen molar-refractivity contribution >= 4 is 51.6 Å². The van der Waals surface area contributed by atoms with Gasteiger partial charge in [-0.1, -0.05) is 18.9 Å². The zero-order valence-electron chi connectivity index (χ0n) is 12.8. The van der Waals surface area contributed by atoms with Gasteiger partial charge < -0.3 is 4.74 Å². The first-order valence-electron chi connectivity index (χ1n) is 7.10. The molecule has 0 aromatic heterocycles. The maximum absolute atomic E-state index is 12.4. The van der Waals surface area contributed by atoms with Gasteiger partial charge in [0.2, 0.25) is 0 Å². The van der Waals surface area contributed by atoms with Crippen LogP contribution in [0.2, 0.25) is 0 Å². The average Bonchev–Trinajstić information content (AvgIpc) is 2.80. The second-order valence-electron chi connectivity index (χ2n) is 4.99. The molecule has 0 aliphatic carbocycles. The number of imide groups is 1. The lowest BCUT2D eigenvalue weighted by atomic mass is 10.2. The number of carbonyl (C=O) groups excluding carboxylic acids is 2. The number of nitrogens with zero attached hydrogens (tertiary/aromatic N) is 1. The number of hydrogen-bond acceptors (Lipinski definition) is 4. The fraction of sp³-hybridized carbons (Fsp3) is 0.294. The van der Waals surface area contributed by atoms with Gasteiger partial charge in [-0.25, -0.2) is 0 Å². The minimum absolute atomic E-state index is 0.0897. The molecule has 1 aromatic carbocycles.